The number of aromatic hydroxyl groups is 1. The number of aryl methyl sites for hydroxylation is 1. The summed E-state index contributed by atoms with van der Waals surface area (Å²) in [5, 5.41) is 12.9. The average Bonchev–Trinajstić information content (AvgIpc) is 2.45. The summed E-state index contributed by atoms with van der Waals surface area (Å²) in [4.78, 5) is 14.5. The quantitative estimate of drug-likeness (QED) is 0.887. The Labute approximate surface area is 120 Å². The normalized spacial score (nSPS) is 18.8. The molecule has 1 aromatic carbocycles. The number of rotatable bonds is 4. The zero-order valence-electron chi connectivity index (χ0n) is 12.4. The fraction of sp³-hybridized carbons (Fsp3) is 0.562. The van der Waals surface area contributed by atoms with E-state index in [1.807, 2.05) is 18.7 Å². The first-order chi connectivity index (χ1) is 9.61. The molecule has 20 heavy (non-hydrogen) atoms. The lowest BCUT2D eigenvalue weighted by Gasteiger charge is -2.30. The van der Waals surface area contributed by atoms with Gasteiger partial charge in [-0.15, -0.1) is 0 Å². The fourth-order valence-electron chi connectivity index (χ4n) is 2.76. The maximum atomic E-state index is 12.6. The Balaban J connectivity index is 2.07. The number of phenols is 1. The van der Waals surface area contributed by atoms with Gasteiger partial charge in [0, 0.05) is 24.7 Å². The Morgan fingerprint density at radius 2 is 2.25 bits per heavy atom. The van der Waals surface area contributed by atoms with Crippen LogP contribution in [0.2, 0.25) is 0 Å². The van der Waals surface area contributed by atoms with Crippen LogP contribution in [0.1, 0.15) is 42.1 Å². The van der Waals surface area contributed by atoms with E-state index in [2.05, 4.69) is 5.32 Å². The smallest absolute Gasteiger partial charge is 0.254 e. The average molecular weight is 276 g/mol. The molecule has 110 valence electrons. The minimum Gasteiger partial charge on any atom is -0.508 e. The Hall–Kier alpha value is -1.55. The van der Waals surface area contributed by atoms with Gasteiger partial charge in [0.2, 0.25) is 0 Å². The molecule has 0 bridgehead atoms. The molecule has 1 atom stereocenters. The number of carbonyl (C=O) groups excluding carboxylic acids is 1. The van der Waals surface area contributed by atoms with E-state index >= 15 is 0 Å². The molecule has 1 fully saturated rings. The summed E-state index contributed by atoms with van der Waals surface area (Å²) in [6.07, 6.45) is 3.60. The zero-order valence-corrected chi connectivity index (χ0v) is 12.4. The Kier molecular flexibility index (Phi) is 5.01. The first-order valence-electron chi connectivity index (χ1n) is 7.44. The molecular weight excluding hydrogens is 252 g/mol. The van der Waals surface area contributed by atoms with Gasteiger partial charge in [0.05, 0.1) is 0 Å². The molecule has 1 saturated heterocycles. The summed E-state index contributed by atoms with van der Waals surface area (Å²) in [7, 11) is 0. The molecule has 1 heterocycles. The lowest BCUT2D eigenvalue weighted by molar-refractivity contribution is 0.0741. The van der Waals surface area contributed by atoms with E-state index in [0.717, 1.165) is 25.1 Å². The third kappa shape index (κ3) is 3.51. The van der Waals surface area contributed by atoms with Crippen molar-refractivity contribution in [3.8, 4) is 5.75 Å². The maximum Gasteiger partial charge on any atom is 0.254 e. The predicted octanol–water partition coefficient (Wildman–Crippen LogP) is 2.30. The summed E-state index contributed by atoms with van der Waals surface area (Å²) in [5.41, 5.74) is 1.51. The third-order valence-corrected chi connectivity index (χ3v) is 3.96. The molecule has 2 N–H and O–H groups in total. The first-order valence-corrected chi connectivity index (χ1v) is 7.44. The number of piperidine rings is 1. The number of benzene rings is 1. The topological polar surface area (TPSA) is 52.6 Å². The second-order valence-electron chi connectivity index (χ2n) is 5.49. The van der Waals surface area contributed by atoms with Crippen LogP contribution in [0.4, 0.5) is 0 Å². The molecule has 1 aliphatic rings. The Morgan fingerprint density at radius 1 is 1.45 bits per heavy atom. The SMILES string of the molecule is CCN(CC1CCCCN1)C(=O)c1ccc(O)cc1C. The molecule has 0 aromatic heterocycles. The number of amides is 1. The summed E-state index contributed by atoms with van der Waals surface area (Å²) < 4.78 is 0. The highest BCUT2D eigenvalue weighted by atomic mass is 16.3. The van der Waals surface area contributed by atoms with Crippen LogP contribution in [0, 0.1) is 6.92 Å². The fourth-order valence-corrected chi connectivity index (χ4v) is 2.76. The van der Waals surface area contributed by atoms with Crippen molar-refractivity contribution < 1.29 is 9.90 Å². The molecular formula is C16H24N2O2. The van der Waals surface area contributed by atoms with Gasteiger partial charge in [-0.3, -0.25) is 4.79 Å². The van der Waals surface area contributed by atoms with Gasteiger partial charge in [-0.25, -0.2) is 0 Å². The van der Waals surface area contributed by atoms with Crippen LogP contribution in [0.3, 0.4) is 0 Å². The van der Waals surface area contributed by atoms with Gasteiger partial charge in [-0.05, 0) is 57.0 Å². The first kappa shape index (κ1) is 14.9. The number of nitrogens with zero attached hydrogens (tertiary/aromatic N) is 1. The summed E-state index contributed by atoms with van der Waals surface area (Å²) in [6, 6.07) is 5.33. The van der Waals surface area contributed by atoms with E-state index in [1.54, 1.807) is 18.2 Å². The Morgan fingerprint density at radius 3 is 2.85 bits per heavy atom. The van der Waals surface area contributed by atoms with E-state index < -0.39 is 0 Å². The van der Waals surface area contributed by atoms with E-state index in [1.165, 1.54) is 12.8 Å². The van der Waals surface area contributed by atoms with Gasteiger partial charge in [-0.2, -0.15) is 0 Å². The molecule has 2 rings (SSSR count). The molecule has 4 nitrogen and oxygen atoms in total. The van der Waals surface area contributed by atoms with Crippen molar-refractivity contribution in [3.63, 3.8) is 0 Å². The predicted molar refractivity (Wildman–Crippen MR) is 80.1 cm³/mol. The van der Waals surface area contributed by atoms with Crippen molar-refractivity contribution in [2.75, 3.05) is 19.6 Å². The van der Waals surface area contributed by atoms with Crippen molar-refractivity contribution in [1.29, 1.82) is 0 Å². The molecule has 1 aliphatic heterocycles. The second-order valence-corrected chi connectivity index (χ2v) is 5.49. The highest BCUT2D eigenvalue weighted by molar-refractivity contribution is 5.95. The van der Waals surface area contributed by atoms with E-state index in [9.17, 15) is 9.90 Å². The number of carbonyl (C=O) groups is 1. The Bertz CT molecular complexity index is 468. The van der Waals surface area contributed by atoms with E-state index in [4.69, 9.17) is 0 Å². The van der Waals surface area contributed by atoms with Gasteiger partial charge in [0.25, 0.3) is 5.91 Å². The zero-order chi connectivity index (χ0) is 14.5. The standard InChI is InChI=1S/C16H24N2O2/c1-3-18(11-13-6-4-5-9-17-13)16(20)15-8-7-14(19)10-12(15)2/h7-8,10,13,17,19H,3-6,9,11H2,1-2H3. The molecule has 0 saturated carbocycles. The molecule has 1 unspecified atom stereocenters. The third-order valence-electron chi connectivity index (χ3n) is 3.96. The molecule has 1 amide bonds. The van der Waals surface area contributed by atoms with Crippen LogP contribution in [0.15, 0.2) is 18.2 Å². The van der Waals surface area contributed by atoms with Crippen LogP contribution in [0.5, 0.6) is 5.75 Å². The van der Waals surface area contributed by atoms with Crippen LogP contribution in [-0.4, -0.2) is 41.6 Å². The van der Waals surface area contributed by atoms with Crippen LogP contribution < -0.4 is 5.32 Å². The number of nitrogens with one attached hydrogen (secondary N) is 1. The number of hydrogen-bond acceptors (Lipinski definition) is 3. The van der Waals surface area contributed by atoms with Gasteiger partial charge in [0.15, 0.2) is 0 Å². The molecule has 0 aliphatic carbocycles. The molecule has 0 spiro atoms. The monoisotopic (exact) mass is 276 g/mol. The van der Waals surface area contributed by atoms with Crippen molar-refractivity contribution in [1.82, 2.24) is 10.2 Å². The highest BCUT2D eigenvalue weighted by Gasteiger charge is 2.21. The van der Waals surface area contributed by atoms with Gasteiger partial charge in [0.1, 0.15) is 5.75 Å². The summed E-state index contributed by atoms with van der Waals surface area (Å²) in [6.45, 7) is 6.39. The van der Waals surface area contributed by atoms with E-state index in [-0.39, 0.29) is 11.7 Å². The second kappa shape index (κ2) is 6.75. The lowest BCUT2D eigenvalue weighted by atomic mass is 10.0. The maximum absolute atomic E-state index is 12.6. The largest absolute Gasteiger partial charge is 0.508 e. The van der Waals surface area contributed by atoms with Crippen LogP contribution in [0.25, 0.3) is 0 Å². The lowest BCUT2D eigenvalue weighted by Crippen LogP contribution is -2.45. The van der Waals surface area contributed by atoms with Gasteiger partial charge in [-0.1, -0.05) is 6.42 Å². The minimum atomic E-state index is 0.0531. The molecule has 1 aromatic rings. The van der Waals surface area contributed by atoms with Crippen LogP contribution in [-0.2, 0) is 0 Å². The number of hydrogen-bond donors (Lipinski definition) is 2. The molecule has 4 heteroatoms. The van der Waals surface area contributed by atoms with Crippen LogP contribution >= 0.6 is 0 Å². The van der Waals surface area contributed by atoms with Crippen molar-refractivity contribution in [2.45, 2.75) is 39.2 Å². The minimum absolute atomic E-state index is 0.0531. The van der Waals surface area contributed by atoms with Gasteiger partial charge < -0.3 is 15.3 Å². The summed E-state index contributed by atoms with van der Waals surface area (Å²) in [5.74, 6) is 0.258. The van der Waals surface area contributed by atoms with Crippen molar-refractivity contribution in [3.05, 3.63) is 29.3 Å². The van der Waals surface area contributed by atoms with Gasteiger partial charge >= 0.3 is 0 Å². The summed E-state index contributed by atoms with van der Waals surface area (Å²) >= 11 is 0. The molecule has 0 radical (unpaired) electrons. The van der Waals surface area contributed by atoms with Crippen molar-refractivity contribution >= 4 is 5.91 Å². The van der Waals surface area contributed by atoms with Crippen molar-refractivity contribution in [2.24, 2.45) is 0 Å². The number of likely N-dealkylation sites (N-methyl/N-ethyl adjacent to an activating group) is 1. The van der Waals surface area contributed by atoms with E-state index in [0.29, 0.717) is 18.2 Å². The highest BCUT2D eigenvalue weighted by Crippen LogP contribution is 2.18. The number of phenolic OH excluding ortho intramolecular Hbond substituents is 1.